The van der Waals surface area contributed by atoms with E-state index in [0.29, 0.717) is 21.2 Å². The molecule has 1 atom stereocenters. The first-order valence-electron chi connectivity index (χ1n) is 9.24. The van der Waals surface area contributed by atoms with Gasteiger partial charge in [0.05, 0.1) is 12.2 Å². The van der Waals surface area contributed by atoms with Crippen molar-refractivity contribution < 1.29 is 4.79 Å². The third-order valence-electron chi connectivity index (χ3n) is 5.31. The van der Waals surface area contributed by atoms with Crippen molar-refractivity contribution in [3.05, 3.63) is 71.0 Å². The molecule has 7 heteroatoms. The Balaban J connectivity index is 1.35. The average molecular weight is 505 g/mol. The zero-order valence-electron chi connectivity index (χ0n) is 15.1. The minimum absolute atomic E-state index is 0.0519. The number of carbonyl (C=O) groups is 1. The lowest BCUT2D eigenvalue weighted by atomic mass is 10.2. The molecule has 0 bridgehead atoms. The Hall–Kier alpha value is -2.06. The molecule has 1 unspecified atom stereocenters. The van der Waals surface area contributed by atoms with Crippen LogP contribution in [-0.4, -0.2) is 32.7 Å². The third-order valence-corrected chi connectivity index (χ3v) is 6.58. The summed E-state index contributed by atoms with van der Waals surface area (Å²) < 4.78 is 2.46. The van der Waals surface area contributed by atoms with Crippen LogP contribution in [0.5, 0.6) is 0 Å². The number of hydrogen-bond acceptors (Lipinski definition) is 3. The van der Waals surface area contributed by atoms with Crippen LogP contribution in [0.2, 0.25) is 5.02 Å². The maximum Gasteiger partial charge on any atom is 0.279 e. The van der Waals surface area contributed by atoms with E-state index in [9.17, 15) is 4.79 Å². The largest absolute Gasteiger partial charge is 0.370 e. The minimum Gasteiger partial charge on any atom is -0.370 e. The summed E-state index contributed by atoms with van der Waals surface area (Å²) in [5, 5.41) is 5.19. The number of halogens is 2. The molecule has 5 nitrogen and oxygen atoms in total. The van der Waals surface area contributed by atoms with Crippen LogP contribution < -0.4 is 9.80 Å². The highest BCUT2D eigenvalue weighted by molar-refractivity contribution is 14.1. The van der Waals surface area contributed by atoms with Crippen molar-refractivity contribution >= 4 is 51.5 Å². The second-order valence-electron chi connectivity index (χ2n) is 7.16. The van der Waals surface area contributed by atoms with Crippen LogP contribution in [-0.2, 0) is 6.54 Å². The molecule has 0 radical (unpaired) electrons. The highest BCUT2D eigenvalue weighted by Gasteiger charge is 2.32. The van der Waals surface area contributed by atoms with Crippen molar-refractivity contribution in [2.24, 2.45) is 0 Å². The summed E-state index contributed by atoms with van der Waals surface area (Å²) in [7, 11) is 0. The molecule has 2 aromatic carbocycles. The van der Waals surface area contributed by atoms with Gasteiger partial charge in [-0.2, -0.15) is 5.10 Å². The fourth-order valence-corrected chi connectivity index (χ4v) is 4.69. The topological polar surface area (TPSA) is 41.4 Å². The summed E-state index contributed by atoms with van der Waals surface area (Å²) in [6.07, 6.45) is 3.15. The lowest BCUT2D eigenvalue weighted by Crippen LogP contribution is -2.24. The monoisotopic (exact) mass is 504 g/mol. The molecular weight excluding hydrogens is 487 g/mol. The Kier molecular flexibility index (Phi) is 4.55. The summed E-state index contributed by atoms with van der Waals surface area (Å²) in [5.74, 6) is -0.0519. The normalized spacial score (nSPS) is 18.8. The number of anilines is 2. The predicted octanol–water partition coefficient (Wildman–Crippen LogP) is 4.70. The van der Waals surface area contributed by atoms with Gasteiger partial charge in [0.2, 0.25) is 0 Å². The number of carbonyl (C=O) groups excluding carboxylic acids is 1. The molecule has 1 amide bonds. The van der Waals surface area contributed by atoms with Crippen molar-refractivity contribution in [1.29, 1.82) is 0 Å². The molecule has 0 saturated carbocycles. The third kappa shape index (κ3) is 3.18. The summed E-state index contributed by atoms with van der Waals surface area (Å²) in [4.78, 5) is 17.1. The molecule has 1 aromatic heterocycles. The van der Waals surface area contributed by atoms with Crippen LogP contribution in [0.25, 0.3) is 5.69 Å². The summed E-state index contributed by atoms with van der Waals surface area (Å²) in [6, 6.07) is 15.7. The van der Waals surface area contributed by atoms with Gasteiger partial charge in [0.25, 0.3) is 5.91 Å². The molecule has 0 spiro atoms. The average Bonchev–Trinajstić information content (AvgIpc) is 3.39. The molecule has 5 rings (SSSR count). The van der Waals surface area contributed by atoms with Gasteiger partial charge in [-0.25, -0.2) is 4.68 Å². The molecule has 2 aliphatic heterocycles. The number of nitrogens with zero attached hydrogens (tertiary/aromatic N) is 4. The van der Waals surface area contributed by atoms with Crippen LogP contribution >= 0.6 is 34.2 Å². The van der Waals surface area contributed by atoms with Crippen molar-refractivity contribution in [2.45, 2.75) is 16.9 Å². The highest BCUT2D eigenvalue weighted by atomic mass is 127. The van der Waals surface area contributed by atoms with Gasteiger partial charge in [0, 0.05) is 45.2 Å². The number of benzene rings is 2. The lowest BCUT2D eigenvalue weighted by molar-refractivity contribution is 0.0991. The summed E-state index contributed by atoms with van der Waals surface area (Å²) in [5.41, 5.74) is 4.49. The van der Waals surface area contributed by atoms with E-state index in [2.05, 4.69) is 44.7 Å². The molecular formula is C21H18ClIN4O. The van der Waals surface area contributed by atoms with E-state index >= 15 is 0 Å². The van der Waals surface area contributed by atoms with Crippen molar-refractivity contribution in [3.8, 4) is 5.69 Å². The first kappa shape index (κ1) is 18.0. The van der Waals surface area contributed by atoms with Crippen LogP contribution in [0, 0.1) is 0 Å². The predicted molar refractivity (Wildman–Crippen MR) is 120 cm³/mol. The van der Waals surface area contributed by atoms with E-state index in [1.54, 1.807) is 9.58 Å². The summed E-state index contributed by atoms with van der Waals surface area (Å²) in [6.45, 7) is 2.73. The Morgan fingerprint density at radius 3 is 2.32 bits per heavy atom. The molecule has 142 valence electrons. The SMILES string of the molecule is O=C1c2nn(-c3ccc(Cl)cc3)cc2CN1c1ccc(N2CCC(I)C2)cc1. The maximum atomic E-state index is 12.9. The Labute approximate surface area is 182 Å². The molecule has 28 heavy (non-hydrogen) atoms. The van der Waals surface area contributed by atoms with Gasteiger partial charge in [-0.15, -0.1) is 0 Å². The van der Waals surface area contributed by atoms with E-state index in [-0.39, 0.29) is 5.91 Å². The Bertz CT molecular complexity index is 1030. The number of hydrogen-bond donors (Lipinski definition) is 0. The minimum atomic E-state index is -0.0519. The van der Waals surface area contributed by atoms with Crippen LogP contribution in [0.3, 0.4) is 0 Å². The zero-order chi connectivity index (χ0) is 19.3. The van der Waals surface area contributed by atoms with Gasteiger partial charge in [-0.05, 0) is 55.0 Å². The van der Waals surface area contributed by atoms with Gasteiger partial charge in [-0.1, -0.05) is 34.2 Å². The smallest absolute Gasteiger partial charge is 0.279 e. The van der Waals surface area contributed by atoms with Crippen LogP contribution in [0.15, 0.2) is 54.7 Å². The number of fused-ring (bicyclic) bond motifs is 1. The number of rotatable bonds is 3. The lowest BCUT2D eigenvalue weighted by Gasteiger charge is -2.20. The standard InChI is InChI=1S/C21H18ClIN4O/c22-15-1-3-19(4-2-15)27-12-14-11-26(21(28)20(14)24-27)18-7-5-17(6-8-18)25-10-9-16(23)13-25/h1-8,12,16H,9-11,13H2. The van der Waals surface area contributed by atoms with Crippen LogP contribution in [0.4, 0.5) is 11.4 Å². The van der Waals surface area contributed by atoms with Crippen LogP contribution in [0.1, 0.15) is 22.5 Å². The van der Waals surface area contributed by atoms with Gasteiger partial charge >= 0.3 is 0 Å². The van der Waals surface area contributed by atoms with E-state index in [1.807, 2.05) is 42.6 Å². The van der Waals surface area contributed by atoms with E-state index in [0.717, 1.165) is 30.0 Å². The summed E-state index contributed by atoms with van der Waals surface area (Å²) >= 11 is 8.46. The van der Waals surface area contributed by atoms with Gasteiger partial charge in [0.15, 0.2) is 5.69 Å². The van der Waals surface area contributed by atoms with Crippen molar-refractivity contribution in [2.75, 3.05) is 22.9 Å². The first-order valence-corrected chi connectivity index (χ1v) is 10.9. The molecule has 3 heterocycles. The Morgan fingerprint density at radius 1 is 1.00 bits per heavy atom. The molecule has 1 saturated heterocycles. The van der Waals surface area contributed by atoms with Gasteiger partial charge in [0.1, 0.15) is 0 Å². The Morgan fingerprint density at radius 2 is 1.68 bits per heavy atom. The quantitative estimate of drug-likeness (QED) is 0.384. The second-order valence-corrected chi connectivity index (χ2v) is 9.36. The fraction of sp³-hybridized carbons (Fsp3) is 0.238. The first-order chi connectivity index (χ1) is 13.6. The van der Waals surface area contributed by atoms with Crippen molar-refractivity contribution in [3.63, 3.8) is 0 Å². The second kappa shape index (κ2) is 7.08. The molecule has 3 aromatic rings. The van der Waals surface area contributed by atoms with E-state index in [1.165, 1.54) is 12.1 Å². The highest BCUT2D eigenvalue weighted by Crippen LogP contribution is 2.31. The zero-order valence-corrected chi connectivity index (χ0v) is 18.0. The van der Waals surface area contributed by atoms with Crippen molar-refractivity contribution in [1.82, 2.24) is 9.78 Å². The van der Waals surface area contributed by atoms with Gasteiger partial charge < -0.3 is 9.80 Å². The van der Waals surface area contributed by atoms with Gasteiger partial charge in [-0.3, -0.25) is 4.79 Å². The maximum absolute atomic E-state index is 12.9. The fourth-order valence-electron chi connectivity index (χ4n) is 3.81. The van der Waals surface area contributed by atoms with E-state index in [4.69, 9.17) is 11.6 Å². The molecule has 0 aliphatic carbocycles. The molecule has 1 fully saturated rings. The van der Waals surface area contributed by atoms with E-state index < -0.39 is 0 Å². The number of aromatic nitrogens is 2. The molecule has 0 N–H and O–H groups in total. The molecule has 2 aliphatic rings. The number of amides is 1. The number of alkyl halides is 1.